The molecule has 0 N–H and O–H groups in total. The number of nitrogens with zero attached hydrogens (tertiary/aromatic N) is 1. The van der Waals surface area contributed by atoms with Crippen LogP contribution < -0.4 is 4.90 Å². The quantitative estimate of drug-likeness (QED) is 0.288. The molecule has 1 aromatic rings. The largest absolute Gasteiger partial charge is 0.465 e. The molecule has 0 aromatic heterocycles. The number of hydrogen-bond acceptors (Lipinski definition) is 9. The monoisotopic (exact) mass is 429 g/mol. The number of benzene rings is 1. The highest BCUT2D eigenvalue weighted by Crippen LogP contribution is 2.54. The lowest BCUT2D eigenvalue weighted by Gasteiger charge is -2.34. The third-order valence-electron chi connectivity index (χ3n) is 5.52. The van der Waals surface area contributed by atoms with Crippen molar-refractivity contribution in [2.75, 3.05) is 12.0 Å². The van der Waals surface area contributed by atoms with Crippen LogP contribution in [0.15, 0.2) is 36.4 Å². The van der Waals surface area contributed by atoms with Crippen molar-refractivity contribution in [2.45, 2.75) is 31.8 Å². The molecule has 10 nitrogen and oxygen atoms in total. The maximum absolute atomic E-state index is 13.4. The highest BCUT2D eigenvalue weighted by atomic mass is 16.7. The number of fused-ring (bicyclic) bond motifs is 5. The van der Waals surface area contributed by atoms with Crippen LogP contribution in [0.4, 0.5) is 5.69 Å². The van der Waals surface area contributed by atoms with Crippen molar-refractivity contribution in [3.63, 3.8) is 0 Å². The van der Waals surface area contributed by atoms with Crippen LogP contribution in [0.25, 0.3) is 0 Å². The fourth-order valence-corrected chi connectivity index (χ4v) is 4.36. The summed E-state index contributed by atoms with van der Waals surface area (Å²) >= 11 is 0. The topological polar surface area (TPSA) is 126 Å². The second-order valence-corrected chi connectivity index (χ2v) is 7.40. The molecule has 31 heavy (non-hydrogen) atoms. The summed E-state index contributed by atoms with van der Waals surface area (Å²) < 4.78 is 20.9. The predicted molar refractivity (Wildman–Crippen MR) is 101 cm³/mol. The number of hydrogen-bond donors (Lipinski definition) is 0. The molecular weight excluding hydrogens is 410 g/mol. The normalized spacial score (nSPS) is 28.1. The molecule has 3 aliphatic heterocycles. The summed E-state index contributed by atoms with van der Waals surface area (Å²) in [4.78, 5) is 62.7. The van der Waals surface area contributed by atoms with E-state index in [2.05, 4.69) is 0 Å². The lowest BCUT2D eigenvalue weighted by atomic mass is 9.76. The molecule has 10 heteroatoms. The van der Waals surface area contributed by atoms with Gasteiger partial charge in [-0.1, -0.05) is 12.1 Å². The molecule has 0 aliphatic carbocycles. The molecule has 2 bridgehead atoms. The average Bonchev–Trinajstić information content (AvgIpc) is 3.37. The first-order valence-corrected chi connectivity index (χ1v) is 9.47. The number of carbonyl (C=O) groups is 5. The smallest absolute Gasteiger partial charge is 0.337 e. The van der Waals surface area contributed by atoms with Crippen LogP contribution in [0.5, 0.6) is 0 Å². The van der Waals surface area contributed by atoms with Crippen LogP contribution in [0, 0.1) is 11.8 Å². The number of imide groups is 1. The van der Waals surface area contributed by atoms with Gasteiger partial charge in [0.25, 0.3) is 6.29 Å². The van der Waals surface area contributed by atoms with Crippen molar-refractivity contribution in [1.82, 2.24) is 0 Å². The Morgan fingerprint density at radius 3 is 2.39 bits per heavy atom. The molecule has 4 atom stereocenters. The molecule has 1 aromatic carbocycles. The van der Waals surface area contributed by atoms with Crippen LogP contribution in [-0.4, -0.2) is 54.8 Å². The van der Waals surface area contributed by atoms with Crippen molar-refractivity contribution >= 4 is 35.4 Å². The van der Waals surface area contributed by atoms with Gasteiger partial charge in [-0.15, -0.1) is 0 Å². The molecule has 4 rings (SSSR count). The summed E-state index contributed by atoms with van der Waals surface area (Å²) in [5, 5.41) is 0. The maximum atomic E-state index is 13.4. The van der Waals surface area contributed by atoms with E-state index in [9.17, 15) is 24.0 Å². The molecule has 2 amide bonds. The van der Waals surface area contributed by atoms with E-state index in [1.54, 1.807) is 6.08 Å². The first kappa shape index (κ1) is 20.7. The molecule has 0 saturated carbocycles. The third kappa shape index (κ3) is 3.10. The standard InChI is InChI=1S/C21H19NO9/c1-10(23)29-20(30-11(2)24)21-8-7-14(31-21)15-16(21)18(26)22(17(15)25)13-6-4-5-12(9-13)19(27)28-3/h4-9,14-16,20H,1-3H3/t14-,15-,16+,21-/m1/s1. The van der Waals surface area contributed by atoms with E-state index in [1.807, 2.05) is 0 Å². The minimum absolute atomic E-state index is 0.169. The number of esters is 3. The van der Waals surface area contributed by atoms with E-state index in [0.29, 0.717) is 0 Å². The summed E-state index contributed by atoms with van der Waals surface area (Å²) in [6.07, 6.45) is 0.774. The first-order chi connectivity index (χ1) is 14.7. The molecule has 3 heterocycles. The molecule has 2 fully saturated rings. The van der Waals surface area contributed by atoms with E-state index in [0.717, 1.165) is 18.7 Å². The van der Waals surface area contributed by atoms with E-state index in [1.165, 1.54) is 37.5 Å². The number of rotatable bonds is 5. The van der Waals surface area contributed by atoms with Crippen LogP contribution in [0.1, 0.15) is 24.2 Å². The molecule has 0 radical (unpaired) electrons. The minimum Gasteiger partial charge on any atom is -0.465 e. The Kier molecular flexibility index (Phi) is 4.89. The fourth-order valence-electron chi connectivity index (χ4n) is 4.36. The van der Waals surface area contributed by atoms with Gasteiger partial charge in [0.15, 0.2) is 5.60 Å². The van der Waals surface area contributed by atoms with Crippen LogP contribution in [-0.2, 0) is 38.1 Å². The molecule has 162 valence electrons. The summed E-state index contributed by atoms with van der Waals surface area (Å²) in [6.45, 7) is 2.25. The Bertz CT molecular complexity index is 1020. The van der Waals surface area contributed by atoms with Crippen molar-refractivity contribution in [3.8, 4) is 0 Å². The minimum atomic E-state index is -1.63. The number of ether oxygens (including phenoxy) is 4. The molecule has 3 aliphatic rings. The first-order valence-electron chi connectivity index (χ1n) is 9.47. The van der Waals surface area contributed by atoms with Gasteiger partial charge >= 0.3 is 17.9 Å². The predicted octanol–water partition coefficient (Wildman–Crippen LogP) is 0.738. The molecule has 2 saturated heterocycles. The molecular formula is C21H19NO9. The van der Waals surface area contributed by atoms with E-state index >= 15 is 0 Å². The summed E-state index contributed by atoms with van der Waals surface area (Å²) in [6, 6.07) is 5.91. The van der Waals surface area contributed by atoms with Crippen molar-refractivity contribution in [1.29, 1.82) is 0 Å². The van der Waals surface area contributed by atoms with E-state index in [-0.39, 0.29) is 11.3 Å². The Hall–Kier alpha value is -3.53. The van der Waals surface area contributed by atoms with E-state index < -0.39 is 59.6 Å². The Labute approximate surface area is 176 Å². The zero-order valence-corrected chi connectivity index (χ0v) is 16.9. The van der Waals surface area contributed by atoms with Gasteiger partial charge in [-0.3, -0.25) is 19.2 Å². The SMILES string of the molecule is COC(=O)c1cccc(N2C(=O)[C@H]3[C@@H](C2=O)[C@@]2(C(OC(C)=O)OC(C)=O)C=C[C@H]3O2)c1. The average molecular weight is 429 g/mol. The van der Waals surface area contributed by atoms with E-state index in [4.69, 9.17) is 18.9 Å². The van der Waals surface area contributed by atoms with Crippen LogP contribution in [0.3, 0.4) is 0 Å². The van der Waals surface area contributed by atoms with Gasteiger partial charge in [0.2, 0.25) is 11.8 Å². The van der Waals surface area contributed by atoms with Crippen molar-refractivity contribution < 1.29 is 42.9 Å². The summed E-state index contributed by atoms with van der Waals surface area (Å²) in [5.74, 6) is -5.24. The van der Waals surface area contributed by atoms with Gasteiger partial charge in [-0.05, 0) is 24.3 Å². The van der Waals surface area contributed by atoms with Crippen molar-refractivity contribution in [3.05, 3.63) is 42.0 Å². The number of carbonyl (C=O) groups excluding carboxylic acids is 5. The number of anilines is 1. The van der Waals surface area contributed by atoms with Gasteiger partial charge in [-0.25, -0.2) is 9.69 Å². The zero-order chi connectivity index (χ0) is 22.5. The second-order valence-electron chi connectivity index (χ2n) is 7.40. The van der Waals surface area contributed by atoms with Gasteiger partial charge in [-0.2, -0.15) is 0 Å². The van der Waals surface area contributed by atoms with Gasteiger partial charge in [0, 0.05) is 13.8 Å². The Morgan fingerprint density at radius 1 is 1.10 bits per heavy atom. The Morgan fingerprint density at radius 2 is 1.77 bits per heavy atom. The Balaban J connectivity index is 1.73. The maximum Gasteiger partial charge on any atom is 0.337 e. The van der Waals surface area contributed by atoms with Gasteiger partial charge < -0.3 is 18.9 Å². The summed E-state index contributed by atoms with van der Waals surface area (Å²) in [5.41, 5.74) is -1.27. The highest BCUT2D eigenvalue weighted by molar-refractivity contribution is 6.23. The highest BCUT2D eigenvalue weighted by Gasteiger charge is 2.72. The zero-order valence-electron chi connectivity index (χ0n) is 16.9. The lowest BCUT2D eigenvalue weighted by Crippen LogP contribution is -2.52. The van der Waals surface area contributed by atoms with Crippen LogP contribution in [0.2, 0.25) is 0 Å². The number of amides is 2. The van der Waals surface area contributed by atoms with Crippen LogP contribution >= 0.6 is 0 Å². The molecule has 0 unspecified atom stereocenters. The molecule has 0 spiro atoms. The van der Waals surface area contributed by atoms with Crippen molar-refractivity contribution in [2.24, 2.45) is 11.8 Å². The second kappa shape index (κ2) is 7.31. The van der Waals surface area contributed by atoms with Gasteiger partial charge in [0.1, 0.15) is 0 Å². The lowest BCUT2D eigenvalue weighted by molar-refractivity contribution is -0.226. The number of methoxy groups -OCH3 is 1. The summed E-state index contributed by atoms with van der Waals surface area (Å²) in [7, 11) is 1.22. The third-order valence-corrected chi connectivity index (χ3v) is 5.52. The fraction of sp³-hybridized carbons (Fsp3) is 0.381. The van der Waals surface area contributed by atoms with Gasteiger partial charge in [0.05, 0.1) is 36.3 Å².